The molecule has 0 aliphatic carbocycles. The molecule has 0 atom stereocenters. The number of aryl methyl sites for hydroxylation is 1. The van der Waals surface area contributed by atoms with Crippen molar-refractivity contribution in [1.29, 1.82) is 0 Å². The Bertz CT molecular complexity index is 326. The Hall–Kier alpha value is -1.01. The van der Waals surface area contributed by atoms with Crippen LogP contribution in [0.2, 0.25) is 0 Å². The third-order valence-electron chi connectivity index (χ3n) is 2.05. The van der Waals surface area contributed by atoms with Crippen LogP contribution in [0.1, 0.15) is 28.7 Å². The van der Waals surface area contributed by atoms with Crippen molar-refractivity contribution in [2.45, 2.75) is 19.8 Å². The zero-order chi connectivity index (χ0) is 11.3. The molecule has 0 aliphatic rings. The summed E-state index contributed by atoms with van der Waals surface area (Å²) in [5.41, 5.74) is 6.20. The Labute approximate surface area is 93.4 Å². The van der Waals surface area contributed by atoms with Gasteiger partial charge in [-0.3, -0.25) is 4.79 Å². The van der Waals surface area contributed by atoms with Crippen molar-refractivity contribution < 1.29 is 4.79 Å². The average Bonchev–Trinajstić information content (AvgIpc) is 2.66. The van der Waals surface area contributed by atoms with Crippen LogP contribution >= 0.6 is 11.5 Å². The molecule has 1 amide bonds. The van der Waals surface area contributed by atoms with Gasteiger partial charge in [0.15, 0.2) is 0 Å². The first-order valence-corrected chi connectivity index (χ1v) is 5.74. The molecule has 0 spiro atoms. The minimum atomic E-state index is -0.0288. The number of carbonyl (C=O) groups is 1. The molecule has 2 N–H and O–H groups in total. The topological polar surface area (TPSA) is 72.1 Å². The molecule has 0 bridgehead atoms. The Morgan fingerprint density at radius 1 is 1.60 bits per heavy atom. The van der Waals surface area contributed by atoms with Gasteiger partial charge in [0.1, 0.15) is 4.88 Å². The first-order valence-electron chi connectivity index (χ1n) is 4.97. The van der Waals surface area contributed by atoms with E-state index in [1.165, 1.54) is 0 Å². The fraction of sp³-hybridized carbons (Fsp3) is 0.667. The van der Waals surface area contributed by atoms with E-state index in [1.807, 2.05) is 0 Å². The summed E-state index contributed by atoms with van der Waals surface area (Å²) in [6.45, 7) is 3.08. The zero-order valence-corrected chi connectivity index (χ0v) is 9.88. The number of nitrogens with zero attached hydrogens (tertiary/aromatic N) is 3. The third kappa shape index (κ3) is 2.97. The zero-order valence-electron chi connectivity index (χ0n) is 9.06. The molecule has 1 aromatic heterocycles. The van der Waals surface area contributed by atoms with Crippen LogP contribution in [-0.2, 0) is 6.42 Å². The summed E-state index contributed by atoms with van der Waals surface area (Å²) < 4.78 is 3.82. The number of nitrogens with two attached hydrogens (primary N) is 1. The van der Waals surface area contributed by atoms with Crippen LogP contribution in [0.25, 0.3) is 0 Å². The highest BCUT2D eigenvalue weighted by Crippen LogP contribution is 2.14. The molecule has 84 valence electrons. The maximum Gasteiger partial charge on any atom is 0.267 e. The van der Waals surface area contributed by atoms with Crippen LogP contribution in [0.15, 0.2) is 0 Å². The van der Waals surface area contributed by atoms with Gasteiger partial charge < -0.3 is 10.6 Å². The molecule has 0 aromatic carbocycles. The first-order chi connectivity index (χ1) is 7.20. The number of likely N-dealkylation sites (N-methyl/N-ethyl adjacent to an activating group) is 1. The monoisotopic (exact) mass is 228 g/mol. The van der Waals surface area contributed by atoms with Gasteiger partial charge in [-0.05, 0) is 18.0 Å². The van der Waals surface area contributed by atoms with Crippen LogP contribution in [-0.4, -0.2) is 40.5 Å². The summed E-state index contributed by atoms with van der Waals surface area (Å²) in [5.74, 6) is -0.0288. The van der Waals surface area contributed by atoms with Crippen molar-refractivity contribution in [1.82, 2.24) is 14.5 Å². The molecule has 0 aliphatic heterocycles. The Morgan fingerprint density at radius 2 is 2.33 bits per heavy atom. The van der Waals surface area contributed by atoms with Crippen molar-refractivity contribution in [3.8, 4) is 0 Å². The van der Waals surface area contributed by atoms with Crippen LogP contribution in [0.3, 0.4) is 0 Å². The highest BCUT2D eigenvalue weighted by molar-refractivity contribution is 7.07. The van der Waals surface area contributed by atoms with E-state index < -0.39 is 0 Å². The van der Waals surface area contributed by atoms with Gasteiger partial charge in [0, 0.05) is 20.1 Å². The standard InChI is InChI=1S/C9H16N4OS/c1-3-4-7-8(15-12-11-7)9(14)13(2)6-5-10/h3-6,10H2,1-2H3. The predicted molar refractivity (Wildman–Crippen MR) is 59.9 cm³/mol. The molecule has 0 radical (unpaired) electrons. The number of amides is 1. The number of hydrogen-bond acceptors (Lipinski definition) is 5. The summed E-state index contributed by atoms with van der Waals surface area (Å²) in [7, 11) is 1.74. The van der Waals surface area contributed by atoms with E-state index in [0.717, 1.165) is 30.1 Å². The largest absolute Gasteiger partial charge is 0.340 e. The Balaban J connectivity index is 2.76. The maximum absolute atomic E-state index is 11.9. The highest BCUT2D eigenvalue weighted by atomic mass is 32.1. The summed E-state index contributed by atoms with van der Waals surface area (Å²) in [6.07, 6.45) is 1.76. The smallest absolute Gasteiger partial charge is 0.267 e. The lowest BCUT2D eigenvalue weighted by atomic mass is 10.2. The van der Waals surface area contributed by atoms with Crippen molar-refractivity contribution in [2.24, 2.45) is 5.73 Å². The second-order valence-corrected chi connectivity index (χ2v) is 4.07. The van der Waals surface area contributed by atoms with Gasteiger partial charge in [-0.15, -0.1) is 5.10 Å². The molecular weight excluding hydrogens is 212 g/mol. The van der Waals surface area contributed by atoms with Gasteiger partial charge in [-0.1, -0.05) is 17.8 Å². The summed E-state index contributed by atoms with van der Waals surface area (Å²) in [4.78, 5) is 14.1. The van der Waals surface area contributed by atoms with Crippen molar-refractivity contribution in [3.63, 3.8) is 0 Å². The van der Waals surface area contributed by atoms with Crippen molar-refractivity contribution >= 4 is 17.4 Å². The van der Waals surface area contributed by atoms with Crippen LogP contribution < -0.4 is 5.73 Å². The lowest BCUT2D eigenvalue weighted by Gasteiger charge is -2.14. The maximum atomic E-state index is 11.9. The van der Waals surface area contributed by atoms with E-state index in [4.69, 9.17) is 5.73 Å². The molecular formula is C9H16N4OS. The fourth-order valence-electron chi connectivity index (χ4n) is 1.24. The second kappa shape index (κ2) is 5.77. The Kier molecular flexibility index (Phi) is 4.64. The normalized spacial score (nSPS) is 10.3. The molecule has 0 unspecified atom stereocenters. The molecule has 0 saturated carbocycles. The number of carbonyl (C=O) groups excluding carboxylic acids is 1. The van der Waals surface area contributed by atoms with Crippen LogP contribution in [0.5, 0.6) is 0 Å². The van der Waals surface area contributed by atoms with E-state index in [9.17, 15) is 4.79 Å². The van der Waals surface area contributed by atoms with Gasteiger partial charge in [0.25, 0.3) is 5.91 Å². The third-order valence-corrected chi connectivity index (χ3v) is 2.80. The van der Waals surface area contributed by atoms with Gasteiger partial charge in [-0.2, -0.15) is 0 Å². The van der Waals surface area contributed by atoms with Crippen molar-refractivity contribution in [3.05, 3.63) is 10.6 Å². The number of rotatable bonds is 5. The van der Waals surface area contributed by atoms with E-state index in [-0.39, 0.29) is 5.91 Å². The number of hydrogen-bond donors (Lipinski definition) is 1. The molecule has 1 aromatic rings. The predicted octanol–water partition coefficient (Wildman–Crippen LogP) is 0.521. The molecule has 0 saturated heterocycles. The summed E-state index contributed by atoms with van der Waals surface area (Å²) >= 11 is 1.16. The van der Waals surface area contributed by atoms with Gasteiger partial charge in [0.2, 0.25) is 0 Å². The summed E-state index contributed by atoms with van der Waals surface area (Å²) in [6, 6.07) is 0. The van der Waals surface area contributed by atoms with Gasteiger partial charge >= 0.3 is 0 Å². The molecule has 6 heteroatoms. The average molecular weight is 228 g/mol. The second-order valence-electron chi connectivity index (χ2n) is 3.31. The molecule has 15 heavy (non-hydrogen) atoms. The molecule has 1 heterocycles. The highest BCUT2D eigenvalue weighted by Gasteiger charge is 2.18. The molecule has 0 fully saturated rings. The first kappa shape index (κ1) is 12.1. The van der Waals surface area contributed by atoms with E-state index >= 15 is 0 Å². The summed E-state index contributed by atoms with van der Waals surface area (Å²) in [5, 5.41) is 3.96. The minimum absolute atomic E-state index is 0.0288. The van der Waals surface area contributed by atoms with E-state index in [2.05, 4.69) is 16.5 Å². The lowest BCUT2D eigenvalue weighted by molar-refractivity contribution is 0.0802. The molecule has 1 rings (SSSR count). The fourth-order valence-corrected chi connectivity index (χ4v) is 1.94. The molecule has 5 nitrogen and oxygen atoms in total. The van der Waals surface area contributed by atoms with E-state index in [1.54, 1.807) is 11.9 Å². The van der Waals surface area contributed by atoms with Crippen LogP contribution in [0.4, 0.5) is 0 Å². The lowest BCUT2D eigenvalue weighted by Crippen LogP contribution is -2.31. The number of aromatic nitrogens is 2. The van der Waals surface area contributed by atoms with Crippen molar-refractivity contribution in [2.75, 3.05) is 20.1 Å². The van der Waals surface area contributed by atoms with Crippen LogP contribution in [0, 0.1) is 0 Å². The Morgan fingerprint density at radius 3 is 2.93 bits per heavy atom. The quantitative estimate of drug-likeness (QED) is 0.797. The SMILES string of the molecule is CCCc1nnsc1C(=O)N(C)CCN. The minimum Gasteiger partial charge on any atom is -0.340 e. The van der Waals surface area contributed by atoms with Gasteiger partial charge in [0.05, 0.1) is 5.69 Å². The van der Waals surface area contributed by atoms with Gasteiger partial charge in [-0.25, -0.2) is 0 Å². The van der Waals surface area contributed by atoms with E-state index in [0.29, 0.717) is 18.0 Å².